The maximum absolute atomic E-state index is 11.3. The number of pyridine rings is 1. The number of para-hydroxylation sites is 2. The molecule has 0 amide bonds. The Kier molecular flexibility index (Phi) is 7.46. The fourth-order valence-corrected chi connectivity index (χ4v) is 7.97. The molecular formula is C50H37N3O2. The zero-order valence-electron chi connectivity index (χ0n) is 30.8. The molecule has 0 atom stereocenters. The standard InChI is InChI=1S/C50H37N3O2/c1-50(2,3)35-24-26-41(40(30-35)31-13-5-4-6-14-31)53-42-21-12-20-36(47(42)52-49(53)38-19-9-10-22-43(38)54)33-16-11-17-34(29-33)46-45-39-25-23-32-15-7-8-18-37(32)48(39)55-44(45)27-28-51-46/h4-30,54H,1-3H3. The lowest BCUT2D eigenvalue weighted by molar-refractivity contribution is 0.477. The van der Waals surface area contributed by atoms with Crippen LogP contribution in [0.25, 0.3) is 94.3 Å². The third kappa shape index (κ3) is 5.39. The maximum atomic E-state index is 11.3. The SMILES string of the molecule is CC(C)(C)c1ccc(-n2c(-c3ccccc3O)nc3c(-c4cccc(-c5nccc6oc7c8ccccc8ccc7c56)c4)cccc32)c(-c2ccccc2)c1. The number of imidazole rings is 1. The minimum atomic E-state index is -0.0481. The lowest BCUT2D eigenvalue weighted by Crippen LogP contribution is -2.12. The van der Waals surface area contributed by atoms with Crippen molar-refractivity contribution >= 4 is 43.7 Å². The predicted molar refractivity (Wildman–Crippen MR) is 226 cm³/mol. The molecule has 0 aliphatic heterocycles. The van der Waals surface area contributed by atoms with E-state index in [-0.39, 0.29) is 11.2 Å². The van der Waals surface area contributed by atoms with Crippen LogP contribution in [-0.4, -0.2) is 19.6 Å². The minimum Gasteiger partial charge on any atom is -0.507 e. The van der Waals surface area contributed by atoms with E-state index in [9.17, 15) is 5.11 Å². The molecule has 0 bridgehead atoms. The van der Waals surface area contributed by atoms with Crippen LogP contribution in [-0.2, 0) is 5.41 Å². The van der Waals surface area contributed by atoms with E-state index in [0.717, 1.165) is 82.9 Å². The van der Waals surface area contributed by atoms with Crippen molar-refractivity contribution in [2.24, 2.45) is 0 Å². The van der Waals surface area contributed by atoms with E-state index >= 15 is 0 Å². The number of nitrogens with zero attached hydrogens (tertiary/aromatic N) is 3. The number of aromatic nitrogens is 3. The van der Waals surface area contributed by atoms with Crippen molar-refractivity contribution in [3.8, 4) is 56.3 Å². The summed E-state index contributed by atoms with van der Waals surface area (Å²) >= 11 is 0. The number of hydrogen-bond acceptors (Lipinski definition) is 4. The fourth-order valence-electron chi connectivity index (χ4n) is 7.97. The Bertz CT molecular complexity index is 3090. The van der Waals surface area contributed by atoms with Gasteiger partial charge in [0.15, 0.2) is 0 Å². The molecule has 0 saturated carbocycles. The summed E-state index contributed by atoms with van der Waals surface area (Å²) in [5, 5.41) is 15.5. The van der Waals surface area contributed by atoms with Crippen LogP contribution >= 0.6 is 0 Å². The van der Waals surface area contributed by atoms with Crippen LogP contribution in [0.4, 0.5) is 0 Å². The summed E-state index contributed by atoms with van der Waals surface area (Å²) in [7, 11) is 0. The first kappa shape index (κ1) is 32.7. The number of phenolic OH excluding ortho intramolecular Hbond substituents is 1. The Labute approximate surface area is 318 Å². The first-order valence-corrected chi connectivity index (χ1v) is 18.6. The van der Waals surface area contributed by atoms with Crippen LogP contribution in [0.5, 0.6) is 5.75 Å². The van der Waals surface area contributed by atoms with Gasteiger partial charge in [0, 0.05) is 33.7 Å². The molecule has 10 aromatic rings. The van der Waals surface area contributed by atoms with Crippen LogP contribution in [0.3, 0.4) is 0 Å². The molecule has 0 aliphatic carbocycles. The van der Waals surface area contributed by atoms with Crippen molar-refractivity contribution in [2.45, 2.75) is 26.2 Å². The molecule has 1 N–H and O–H groups in total. The van der Waals surface area contributed by atoms with Gasteiger partial charge in [-0.1, -0.05) is 130 Å². The van der Waals surface area contributed by atoms with Crippen molar-refractivity contribution < 1.29 is 9.52 Å². The second-order valence-electron chi connectivity index (χ2n) is 15.2. The van der Waals surface area contributed by atoms with E-state index in [0.29, 0.717) is 11.4 Å². The van der Waals surface area contributed by atoms with Crippen LogP contribution in [0.1, 0.15) is 26.3 Å². The first-order valence-electron chi connectivity index (χ1n) is 18.6. The highest BCUT2D eigenvalue weighted by Gasteiger charge is 2.24. The first-order chi connectivity index (χ1) is 26.8. The average Bonchev–Trinajstić information content (AvgIpc) is 3.80. The summed E-state index contributed by atoms with van der Waals surface area (Å²) < 4.78 is 8.71. The Morgan fingerprint density at radius 3 is 2.20 bits per heavy atom. The normalized spacial score (nSPS) is 12.0. The van der Waals surface area contributed by atoms with E-state index in [1.54, 1.807) is 6.07 Å². The molecule has 5 nitrogen and oxygen atoms in total. The average molecular weight is 712 g/mol. The molecule has 55 heavy (non-hydrogen) atoms. The second-order valence-corrected chi connectivity index (χ2v) is 15.2. The summed E-state index contributed by atoms with van der Waals surface area (Å²) in [5.74, 6) is 0.843. The number of benzene rings is 7. The van der Waals surface area contributed by atoms with Gasteiger partial charge in [-0.3, -0.25) is 9.55 Å². The molecule has 0 spiro atoms. The van der Waals surface area contributed by atoms with Crippen LogP contribution in [0.2, 0.25) is 0 Å². The Balaban J connectivity index is 1.20. The summed E-state index contributed by atoms with van der Waals surface area (Å²) in [6.07, 6.45) is 1.82. The Morgan fingerprint density at radius 1 is 0.600 bits per heavy atom. The van der Waals surface area contributed by atoms with Crippen molar-refractivity contribution in [1.82, 2.24) is 14.5 Å². The Morgan fingerprint density at radius 2 is 1.35 bits per heavy atom. The van der Waals surface area contributed by atoms with Crippen molar-refractivity contribution in [3.05, 3.63) is 169 Å². The molecule has 10 rings (SSSR count). The van der Waals surface area contributed by atoms with Gasteiger partial charge in [-0.05, 0) is 76.0 Å². The monoisotopic (exact) mass is 711 g/mol. The van der Waals surface area contributed by atoms with Crippen LogP contribution in [0, 0.1) is 0 Å². The third-order valence-corrected chi connectivity index (χ3v) is 10.7. The number of furan rings is 1. The molecular weight excluding hydrogens is 675 g/mol. The molecule has 0 aliphatic rings. The number of phenols is 1. The number of rotatable bonds is 5. The third-order valence-electron chi connectivity index (χ3n) is 10.7. The lowest BCUT2D eigenvalue weighted by Gasteiger charge is -2.23. The zero-order valence-corrected chi connectivity index (χ0v) is 30.8. The van der Waals surface area contributed by atoms with Gasteiger partial charge in [-0.25, -0.2) is 4.98 Å². The summed E-state index contributed by atoms with van der Waals surface area (Å²) in [5.41, 5.74) is 12.3. The van der Waals surface area contributed by atoms with E-state index < -0.39 is 0 Å². The maximum Gasteiger partial charge on any atom is 0.149 e. The molecule has 264 valence electrons. The van der Waals surface area contributed by atoms with Gasteiger partial charge >= 0.3 is 0 Å². The van der Waals surface area contributed by atoms with Gasteiger partial charge < -0.3 is 9.52 Å². The van der Waals surface area contributed by atoms with Gasteiger partial charge in [0.25, 0.3) is 0 Å². The van der Waals surface area contributed by atoms with Crippen LogP contribution < -0.4 is 0 Å². The topological polar surface area (TPSA) is 64.1 Å². The van der Waals surface area contributed by atoms with Gasteiger partial charge in [-0.15, -0.1) is 0 Å². The van der Waals surface area contributed by atoms with E-state index in [1.165, 1.54) is 5.56 Å². The van der Waals surface area contributed by atoms with E-state index in [2.05, 4.69) is 141 Å². The molecule has 0 unspecified atom stereocenters. The molecule has 3 heterocycles. The van der Waals surface area contributed by atoms with E-state index in [1.807, 2.05) is 42.6 Å². The zero-order chi connectivity index (χ0) is 37.3. The van der Waals surface area contributed by atoms with Gasteiger partial charge in [-0.2, -0.15) is 0 Å². The number of hydrogen-bond donors (Lipinski definition) is 1. The summed E-state index contributed by atoms with van der Waals surface area (Å²) in [6.45, 7) is 6.72. The summed E-state index contributed by atoms with van der Waals surface area (Å²) in [6, 6.07) is 54.1. The smallest absolute Gasteiger partial charge is 0.149 e. The highest BCUT2D eigenvalue weighted by atomic mass is 16.3. The fraction of sp³-hybridized carbons (Fsp3) is 0.0800. The molecule has 0 saturated heterocycles. The number of fused-ring (bicyclic) bond motifs is 6. The van der Waals surface area contributed by atoms with Crippen molar-refractivity contribution in [2.75, 3.05) is 0 Å². The van der Waals surface area contributed by atoms with Crippen molar-refractivity contribution in [3.63, 3.8) is 0 Å². The molecule has 7 aromatic carbocycles. The molecule has 0 fully saturated rings. The molecule has 5 heteroatoms. The van der Waals surface area contributed by atoms with Gasteiger partial charge in [0.05, 0.1) is 33.4 Å². The minimum absolute atomic E-state index is 0.0481. The Hall–Kier alpha value is -6.98. The largest absolute Gasteiger partial charge is 0.507 e. The van der Waals surface area contributed by atoms with E-state index in [4.69, 9.17) is 14.4 Å². The quantitative estimate of drug-likeness (QED) is 0.193. The predicted octanol–water partition coefficient (Wildman–Crippen LogP) is 13.1. The van der Waals surface area contributed by atoms with Gasteiger partial charge in [0.1, 0.15) is 22.7 Å². The second kappa shape index (κ2) is 12.6. The van der Waals surface area contributed by atoms with Gasteiger partial charge in [0.2, 0.25) is 0 Å². The molecule has 3 aromatic heterocycles. The highest BCUT2D eigenvalue weighted by molar-refractivity contribution is 6.18. The lowest BCUT2D eigenvalue weighted by atomic mass is 9.85. The van der Waals surface area contributed by atoms with Crippen LogP contribution in [0.15, 0.2) is 168 Å². The highest BCUT2D eigenvalue weighted by Crippen LogP contribution is 2.43. The molecule has 0 radical (unpaired) electrons. The summed E-state index contributed by atoms with van der Waals surface area (Å²) in [4.78, 5) is 10.3. The number of aromatic hydroxyl groups is 1. The van der Waals surface area contributed by atoms with Crippen molar-refractivity contribution in [1.29, 1.82) is 0 Å².